The number of aromatic hydroxyl groups is 1. The second-order valence-corrected chi connectivity index (χ2v) is 9.03. The maximum atomic E-state index is 11.7. The van der Waals surface area contributed by atoms with Gasteiger partial charge in [-0.2, -0.15) is 0 Å². The van der Waals surface area contributed by atoms with Crippen LogP contribution in [0.5, 0.6) is 11.5 Å². The maximum Gasteiger partial charge on any atom is 1.00 e. The molecule has 2 aromatic carbocycles. The quantitative estimate of drug-likeness (QED) is 0.189. The average molecular weight is 483 g/mol. The van der Waals surface area contributed by atoms with Gasteiger partial charge in [-0.05, 0) is 61.9 Å². The molecule has 0 bridgehead atoms. The predicted molar refractivity (Wildman–Crippen MR) is 123 cm³/mol. The normalized spacial score (nSPS) is 12.5. The molecule has 0 heterocycles. The van der Waals surface area contributed by atoms with E-state index >= 15 is 0 Å². The number of hydrogen-bond donors (Lipinski definition) is 2. The summed E-state index contributed by atoms with van der Waals surface area (Å²) in [5.74, 6) is -0.306. The number of carbonyl (C=O) groups is 2. The molecule has 0 unspecified atom stereocenters. The van der Waals surface area contributed by atoms with E-state index in [-0.39, 0.29) is 47.5 Å². The van der Waals surface area contributed by atoms with Crippen LogP contribution in [-0.2, 0) is 11.2 Å². The fourth-order valence-electron chi connectivity index (χ4n) is 3.42. The summed E-state index contributed by atoms with van der Waals surface area (Å²) < 4.78 is 5.88. The van der Waals surface area contributed by atoms with Gasteiger partial charge in [0.25, 0.3) is 0 Å². The molecular weight excluding hydrogens is 451 g/mol. The minimum Gasteiger partial charge on any atom is -0.550 e. The fraction of sp³-hybridized carbons (Fsp3) is 0.440. The second-order valence-electron chi connectivity index (χ2n) is 7.86. The van der Waals surface area contributed by atoms with Crippen LogP contribution in [0.25, 0.3) is 0 Å². The number of hydrogen-bond acceptors (Lipinski definition) is 7. The number of aliphatic carboxylic acids is 1. The minimum atomic E-state index is -1.17. The van der Waals surface area contributed by atoms with E-state index in [9.17, 15) is 24.9 Å². The van der Waals surface area contributed by atoms with Crippen LogP contribution in [0.1, 0.15) is 67.6 Å². The molecule has 0 spiro atoms. The van der Waals surface area contributed by atoms with Crippen LogP contribution in [0.15, 0.2) is 41.3 Å². The van der Waals surface area contributed by atoms with Gasteiger partial charge in [-0.3, -0.25) is 4.79 Å². The molecule has 2 N–H and O–H groups in total. The molecule has 8 heteroatoms. The minimum absolute atomic E-state index is 0. The van der Waals surface area contributed by atoms with E-state index < -0.39 is 18.0 Å². The van der Waals surface area contributed by atoms with E-state index in [1.165, 1.54) is 6.92 Å². The van der Waals surface area contributed by atoms with Gasteiger partial charge in [-0.25, -0.2) is 0 Å². The number of aliphatic hydroxyl groups is 1. The number of ether oxygens (including phenoxy) is 1. The first-order chi connectivity index (χ1) is 15.2. The number of Topliss-reactive ketones (excluding diaryl/α,β-unsaturated/α-hetero) is 1. The number of carboxylic acids is 1. The van der Waals surface area contributed by atoms with E-state index in [2.05, 4.69) is 0 Å². The Kier molecular flexibility index (Phi) is 13.1. The number of phenols is 1. The maximum absolute atomic E-state index is 11.7. The molecule has 2 atom stereocenters. The van der Waals surface area contributed by atoms with Gasteiger partial charge in [-0.15, -0.1) is 11.8 Å². The van der Waals surface area contributed by atoms with Crippen LogP contribution in [0.3, 0.4) is 0 Å². The van der Waals surface area contributed by atoms with Crippen molar-refractivity contribution in [2.45, 2.75) is 57.5 Å². The number of carbonyl (C=O) groups excluding carboxylic acids is 2. The Morgan fingerprint density at radius 3 is 2.39 bits per heavy atom. The third-order valence-corrected chi connectivity index (χ3v) is 6.28. The van der Waals surface area contributed by atoms with Gasteiger partial charge in [0.05, 0.1) is 18.3 Å². The summed E-state index contributed by atoms with van der Waals surface area (Å²) in [5, 5.41) is 31.4. The zero-order valence-electron chi connectivity index (χ0n) is 19.8. The first-order valence-electron chi connectivity index (χ1n) is 10.8. The Bertz CT molecular complexity index is 916. The zero-order valence-corrected chi connectivity index (χ0v) is 22.6. The number of phenolic OH excluding ortho intramolecular Hbond substituents is 1. The van der Waals surface area contributed by atoms with Crippen LogP contribution >= 0.6 is 11.8 Å². The molecule has 33 heavy (non-hydrogen) atoms. The zero-order chi connectivity index (χ0) is 23.7. The van der Waals surface area contributed by atoms with Gasteiger partial charge in [0.2, 0.25) is 0 Å². The first-order valence-corrected chi connectivity index (χ1v) is 11.8. The van der Waals surface area contributed by atoms with Crippen molar-refractivity contribution in [2.24, 2.45) is 5.92 Å². The fourth-order valence-corrected chi connectivity index (χ4v) is 4.25. The van der Waals surface area contributed by atoms with Crippen LogP contribution in [-0.4, -0.2) is 34.3 Å². The number of ketones is 1. The van der Waals surface area contributed by atoms with E-state index in [0.717, 1.165) is 23.5 Å². The molecule has 0 amide bonds. The van der Waals surface area contributed by atoms with E-state index in [0.29, 0.717) is 35.5 Å². The van der Waals surface area contributed by atoms with Crippen molar-refractivity contribution in [3.05, 3.63) is 53.1 Å². The van der Waals surface area contributed by atoms with E-state index in [1.54, 1.807) is 30.8 Å². The molecule has 0 aliphatic carbocycles. The monoisotopic (exact) mass is 482 g/mol. The number of aliphatic hydroxyl groups excluding tert-OH is 1. The molecule has 0 radical (unpaired) electrons. The molecule has 0 aliphatic rings. The largest absolute Gasteiger partial charge is 1.00 e. The van der Waals surface area contributed by atoms with Crippen molar-refractivity contribution in [3.8, 4) is 11.5 Å². The van der Waals surface area contributed by atoms with Crippen molar-refractivity contribution >= 4 is 23.5 Å². The molecule has 0 fully saturated rings. The third kappa shape index (κ3) is 8.98. The third-order valence-electron chi connectivity index (χ3n) is 5.18. The summed E-state index contributed by atoms with van der Waals surface area (Å²) in [7, 11) is 0. The Balaban J connectivity index is 0.00000544. The summed E-state index contributed by atoms with van der Waals surface area (Å²) >= 11 is 1.66. The number of thioether (sulfide) groups is 1. The number of rotatable bonds is 13. The van der Waals surface area contributed by atoms with E-state index in [1.807, 2.05) is 31.2 Å². The molecular formula is C25H31NaO6S. The SMILES string of the molecule is CCCc1c(OCCCSc2ccc([C@H](O)[C@@H](C)CC(=O)[O-])cc2)ccc(C(C)=O)c1O.[Na+]. The van der Waals surface area contributed by atoms with Crippen LogP contribution < -0.4 is 39.4 Å². The summed E-state index contributed by atoms with van der Waals surface area (Å²) in [6.45, 7) is 5.61. The van der Waals surface area contributed by atoms with Crippen molar-refractivity contribution < 1.29 is 59.2 Å². The van der Waals surface area contributed by atoms with E-state index in [4.69, 9.17) is 4.74 Å². The van der Waals surface area contributed by atoms with Crippen LogP contribution in [0, 0.1) is 5.92 Å². The molecule has 0 aromatic heterocycles. The van der Waals surface area contributed by atoms with Crippen molar-refractivity contribution in [1.82, 2.24) is 0 Å². The Hall–Kier alpha value is -1.51. The van der Waals surface area contributed by atoms with Crippen molar-refractivity contribution in [2.75, 3.05) is 12.4 Å². The van der Waals surface area contributed by atoms with Crippen LogP contribution in [0.2, 0.25) is 0 Å². The molecule has 6 nitrogen and oxygen atoms in total. The van der Waals surface area contributed by atoms with Crippen LogP contribution in [0.4, 0.5) is 0 Å². The summed E-state index contributed by atoms with van der Waals surface area (Å²) in [6.07, 6.45) is 1.23. The molecule has 174 valence electrons. The summed E-state index contributed by atoms with van der Waals surface area (Å²) in [6, 6.07) is 10.8. The predicted octanol–water partition coefficient (Wildman–Crippen LogP) is 0.922. The van der Waals surface area contributed by atoms with Gasteiger partial charge in [0.1, 0.15) is 11.5 Å². The van der Waals surface area contributed by atoms with Gasteiger partial charge in [-0.1, -0.05) is 32.4 Å². The van der Waals surface area contributed by atoms with Gasteiger partial charge in [0, 0.05) is 22.2 Å². The summed E-state index contributed by atoms with van der Waals surface area (Å²) in [5.41, 5.74) is 1.68. The molecule has 0 aliphatic heterocycles. The first kappa shape index (κ1) is 29.5. The second kappa shape index (κ2) is 14.7. The standard InChI is InChI=1S/C25H32O6S.Na/c1-4-6-21-22(12-11-20(17(3)26)25(21)30)31-13-5-14-32-19-9-7-18(8-10-19)24(29)16(2)15-23(27)28;/h7-12,16,24,29-30H,4-6,13-15H2,1-3H3,(H,27,28);/q;+1/p-1/t16-,24+;/m0./s1. The van der Waals surface area contributed by atoms with Gasteiger partial charge < -0.3 is 24.9 Å². The molecule has 2 rings (SSSR count). The number of carboxylic acid groups (broad SMARTS) is 1. The summed E-state index contributed by atoms with van der Waals surface area (Å²) in [4.78, 5) is 23.4. The topological polar surface area (TPSA) is 107 Å². The number of benzene rings is 2. The average Bonchev–Trinajstić information content (AvgIpc) is 2.75. The smallest absolute Gasteiger partial charge is 0.550 e. The van der Waals surface area contributed by atoms with Gasteiger partial charge >= 0.3 is 29.6 Å². The Labute approximate surface area is 222 Å². The Morgan fingerprint density at radius 2 is 1.82 bits per heavy atom. The Morgan fingerprint density at radius 1 is 1.15 bits per heavy atom. The van der Waals surface area contributed by atoms with Gasteiger partial charge in [0.15, 0.2) is 5.78 Å². The molecule has 2 aromatic rings. The van der Waals surface area contributed by atoms with Crippen molar-refractivity contribution in [1.29, 1.82) is 0 Å². The molecule has 0 saturated heterocycles. The van der Waals surface area contributed by atoms with Crippen molar-refractivity contribution in [3.63, 3.8) is 0 Å². The molecule has 0 saturated carbocycles.